The summed E-state index contributed by atoms with van der Waals surface area (Å²) in [6.07, 6.45) is -4.42. The summed E-state index contributed by atoms with van der Waals surface area (Å²) in [6.45, 7) is 4.84. The molecule has 1 aromatic rings. The molecule has 0 spiro atoms. The van der Waals surface area contributed by atoms with E-state index in [9.17, 15) is 19.2 Å². The van der Waals surface area contributed by atoms with Crippen LogP contribution < -0.4 is 5.32 Å². The van der Waals surface area contributed by atoms with Crippen molar-refractivity contribution in [3.05, 3.63) is 35.9 Å². The maximum Gasteiger partial charge on any atom is 0.304 e. The smallest absolute Gasteiger partial charge is 0.304 e. The van der Waals surface area contributed by atoms with Crippen molar-refractivity contribution >= 4 is 23.9 Å². The highest BCUT2D eigenvalue weighted by atomic mass is 16.7. The molecule has 1 aliphatic rings. The van der Waals surface area contributed by atoms with Gasteiger partial charge in [0.15, 0.2) is 12.2 Å². The van der Waals surface area contributed by atoms with Crippen molar-refractivity contribution in [2.24, 2.45) is 0 Å². The van der Waals surface area contributed by atoms with Crippen molar-refractivity contribution in [1.29, 1.82) is 0 Å². The summed E-state index contributed by atoms with van der Waals surface area (Å²) in [5, 5.41) is 3.16. The van der Waals surface area contributed by atoms with E-state index in [1.54, 1.807) is 0 Å². The Labute approximate surface area is 180 Å². The van der Waals surface area contributed by atoms with E-state index in [0.717, 1.165) is 5.56 Å². The van der Waals surface area contributed by atoms with Crippen LogP contribution >= 0.6 is 0 Å². The molecule has 0 radical (unpaired) electrons. The van der Waals surface area contributed by atoms with Gasteiger partial charge in [0.25, 0.3) is 0 Å². The van der Waals surface area contributed by atoms with Crippen molar-refractivity contribution in [1.82, 2.24) is 5.32 Å². The van der Waals surface area contributed by atoms with E-state index in [1.807, 2.05) is 30.3 Å². The van der Waals surface area contributed by atoms with Gasteiger partial charge in [0.05, 0.1) is 0 Å². The molecule has 170 valence electrons. The number of nitrogens with one attached hydrogen (secondary N) is 1. The zero-order valence-electron chi connectivity index (χ0n) is 17.9. The fourth-order valence-corrected chi connectivity index (χ4v) is 3.21. The first-order valence-corrected chi connectivity index (χ1v) is 9.75. The number of carbonyl (C=O) groups excluding carboxylic acids is 4. The highest BCUT2D eigenvalue weighted by molar-refractivity contribution is 5.68. The van der Waals surface area contributed by atoms with E-state index in [2.05, 4.69) is 5.32 Å². The second-order valence-corrected chi connectivity index (χ2v) is 7.00. The Balaban J connectivity index is 2.36. The third-order valence-electron chi connectivity index (χ3n) is 4.37. The van der Waals surface area contributed by atoms with Gasteiger partial charge in [-0.25, -0.2) is 0 Å². The monoisotopic (exact) mass is 437 g/mol. The van der Waals surface area contributed by atoms with Crippen LogP contribution in [-0.2, 0) is 49.4 Å². The highest BCUT2D eigenvalue weighted by Gasteiger charge is 2.51. The van der Waals surface area contributed by atoms with Crippen LogP contribution in [0.4, 0.5) is 0 Å². The number of hydrogen-bond donors (Lipinski definition) is 1. The summed E-state index contributed by atoms with van der Waals surface area (Å²) < 4.78 is 27.0. The van der Waals surface area contributed by atoms with Gasteiger partial charge in [-0.1, -0.05) is 30.3 Å². The Morgan fingerprint density at radius 3 is 1.97 bits per heavy atom. The fourth-order valence-electron chi connectivity index (χ4n) is 3.21. The zero-order valence-corrected chi connectivity index (χ0v) is 17.9. The maximum atomic E-state index is 11.8. The van der Waals surface area contributed by atoms with Crippen molar-refractivity contribution < 1.29 is 42.9 Å². The van der Waals surface area contributed by atoms with Gasteiger partial charge in [0.2, 0.25) is 6.29 Å². The van der Waals surface area contributed by atoms with Crippen LogP contribution in [0.1, 0.15) is 33.3 Å². The van der Waals surface area contributed by atoms with Crippen molar-refractivity contribution in [2.45, 2.75) is 64.9 Å². The van der Waals surface area contributed by atoms with Crippen LogP contribution in [0, 0.1) is 0 Å². The lowest BCUT2D eigenvalue weighted by molar-refractivity contribution is -0.271. The minimum Gasteiger partial charge on any atom is -0.463 e. The molecule has 0 bridgehead atoms. The van der Waals surface area contributed by atoms with Crippen LogP contribution in [0.5, 0.6) is 0 Å². The maximum absolute atomic E-state index is 11.8. The molecule has 0 saturated carbocycles. The number of benzene rings is 1. The van der Waals surface area contributed by atoms with Crippen LogP contribution in [-0.4, -0.2) is 61.1 Å². The highest BCUT2D eigenvalue weighted by Crippen LogP contribution is 2.28. The average molecular weight is 437 g/mol. The lowest BCUT2D eigenvalue weighted by Crippen LogP contribution is -2.66. The van der Waals surface area contributed by atoms with Gasteiger partial charge in [0, 0.05) is 34.2 Å². The summed E-state index contributed by atoms with van der Waals surface area (Å²) >= 11 is 0. The van der Waals surface area contributed by atoms with Crippen molar-refractivity contribution in [3.8, 4) is 0 Å². The molecule has 0 aromatic heterocycles. The Morgan fingerprint density at radius 2 is 1.42 bits per heavy atom. The lowest BCUT2D eigenvalue weighted by atomic mass is 9.95. The molecular formula is C21H27NO9. The number of ether oxygens (including phenoxy) is 5. The molecule has 1 aliphatic heterocycles. The summed E-state index contributed by atoms with van der Waals surface area (Å²) in [7, 11) is 0. The number of hydrogen-bond acceptors (Lipinski definition) is 10. The van der Waals surface area contributed by atoms with Gasteiger partial charge < -0.3 is 29.0 Å². The minimum atomic E-state index is -1.20. The van der Waals surface area contributed by atoms with E-state index in [1.165, 1.54) is 27.7 Å². The Bertz CT molecular complexity index is 782. The van der Waals surface area contributed by atoms with Gasteiger partial charge in [-0.2, -0.15) is 0 Å². The molecule has 1 heterocycles. The second kappa shape index (κ2) is 11.4. The molecule has 31 heavy (non-hydrogen) atoms. The second-order valence-electron chi connectivity index (χ2n) is 7.00. The van der Waals surface area contributed by atoms with Crippen molar-refractivity contribution in [2.75, 3.05) is 6.61 Å². The standard InChI is InChI=1S/C21H27NO9/c1-12(23)27-11-17-19(28-13(2)24)20(29-14(3)25)18(21(31-17)30-15(4)26)22-10-16-8-6-5-7-9-16/h5-9,17-22H,10-11H2,1-4H3/t17-,18-,19-,20-,21-/m1/s1. The van der Waals surface area contributed by atoms with Crippen LogP contribution in [0.2, 0.25) is 0 Å². The largest absolute Gasteiger partial charge is 0.463 e. The first-order valence-electron chi connectivity index (χ1n) is 9.75. The molecule has 1 saturated heterocycles. The summed E-state index contributed by atoms with van der Waals surface area (Å²) in [4.78, 5) is 46.6. The molecule has 1 fully saturated rings. The van der Waals surface area contributed by atoms with E-state index >= 15 is 0 Å². The van der Waals surface area contributed by atoms with Gasteiger partial charge >= 0.3 is 23.9 Å². The Morgan fingerprint density at radius 1 is 0.839 bits per heavy atom. The normalized spacial score (nSPS) is 25.2. The molecule has 5 atom stereocenters. The number of carbonyl (C=O) groups is 4. The SMILES string of the molecule is CC(=O)OC[C@H]1O[C@@H](OC(C)=O)[C@H](NCc2ccccc2)[C@@H](OC(C)=O)[C@@H]1OC(C)=O. The summed E-state index contributed by atoms with van der Waals surface area (Å²) in [5.74, 6) is -2.49. The van der Waals surface area contributed by atoms with E-state index < -0.39 is 54.5 Å². The molecule has 0 amide bonds. The third kappa shape index (κ3) is 7.65. The van der Waals surface area contributed by atoms with Crippen LogP contribution in [0.3, 0.4) is 0 Å². The molecule has 1 aromatic carbocycles. The molecule has 2 rings (SSSR count). The lowest BCUT2D eigenvalue weighted by Gasteiger charge is -2.44. The topological polar surface area (TPSA) is 126 Å². The fraction of sp³-hybridized carbons (Fsp3) is 0.524. The molecule has 1 N–H and O–H groups in total. The molecular weight excluding hydrogens is 410 g/mol. The molecule has 10 heteroatoms. The van der Waals surface area contributed by atoms with E-state index in [-0.39, 0.29) is 6.61 Å². The Kier molecular flexibility index (Phi) is 8.95. The molecule has 0 unspecified atom stereocenters. The van der Waals surface area contributed by atoms with Gasteiger partial charge in [-0.3, -0.25) is 19.2 Å². The third-order valence-corrected chi connectivity index (χ3v) is 4.37. The van der Waals surface area contributed by atoms with Crippen LogP contribution in [0.25, 0.3) is 0 Å². The minimum absolute atomic E-state index is 0.297. The van der Waals surface area contributed by atoms with E-state index in [4.69, 9.17) is 23.7 Å². The van der Waals surface area contributed by atoms with Crippen LogP contribution in [0.15, 0.2) is 30.3 Å². The number of rotatable bonds is 8. The Hall–Kier alpha value is -2.98. The van der Waals surface area contributed by atoms with Gasteiger partial charge in [-0.15, -0.1) is 0 Å². The van der Waals surface area contributed by atoms with Gasteiger partial charge in [-0.05, 0) is 5.56 Å². The quantitative estimate of drug-likeness (QED) is 0.462. The summed E-state index contributed by atoms with van der Waals surface area (Å²) in [6, 6.07) is 8.48. The predicted octanol–water partition coefficient (Wildman–Crippen LogP) is 0.859. The zero-order chi connectivity index (χ0) is 23.0. The molecule has 10 nitrogen and oxygen atoms in total. The predicted molar refractivity (Wildman–Crippen MR) is 105 cm³/mol. The first-order chi connectivity index (χ1) is 14.7. The first kappa shape index (κ1) is 24.3. The van der Waals surface area contributed by atoms with E-state index in [0.29, 0.717) is 6.54 Å². The van der Waals surface area contributed by atoms with Crippen molar-refractivity contribution in [3.63, 3.8) is 0 Å². The van der Waals surface area contributed by atoms with Gasteiger partial charge in [0.1, 0.15) is 18.8 Å². The average Bonchev–Trinajstić information content (AvgIpc) is 2.67. The summed E-state index contributed by atoms with van der Waals surface area (Å²) in [5.41, 5.74) is 0.914. The molecule has 0 aliphatic carbocycles. The number of esters is 4.